The molecule has 1 aliphatic carbocycles. The number of aromatic nitrogens is 1. The van der Waals surface area contributed by atoms with E-state index in [4.69, 9.17) is 5.73 Å². The second-order valence-electron chi connectivity index (χ2n) is 5.08. The van der Waals surface area contributed by atoms with Crippen molar-refractivity contribution in [2.75, 3.05) is 12.3 Å². The monoisotopic (exact) mass is 313 g/mol. The molecular formula is C14H23N3OS2. The van der Waals surface area contributed by atoms with Gasteiger partial charge in [-0.2, -0.15) is 11.8 Å². The van der Waals surface area contributed by atoms with Gasteiger partial charge in [-0.15, -0.1) is 11.3 Å². The first kappa shape index (κ1) is 15.8. The zero-order chi connectivity index (χ0) is 14.4. The predicted octanol–water partition coefficient (Wildman–Crippen LogP) is 2.44. The number of hydrogen-bond acceptors (Lipinski definition) is 5. The standard InChI is InChI=1S/C14H23N3OS2/c1-2-19-11-5-3-4-10(8-11)16-14(18)12-9-20-13(17-12)6-7-15/h9-11H,2-8,15H2,1H3,(H,16,18). The fourth-order valence-electron chi connectivity index (χ4n) is 2.58. The van der Waals surface area contributed by atoms with Crippen LogP contribution in [0, 0.1) is 0 Å². The van der Waals surface area contributed by atoms with Gasteiger partial charge in [0, 0.05) is 23.1 Å². The van der Waals surface area contributed by atoms with Gasteiger partial charge in [-0.05, 0) is 31.6 Å². The average Bonchev–Trinajstić information content (AvgIpc) is 2.89. The number of thiazole rings is 1. The maximum absolute atomic E-state index is 12.2. The molecule has 1 aromatic heterocycles. The Balaban J connectivity index is 1.86. The summed E-state index contributed by atoms with van der Waals surface area (Å²) in [6.07, 6.45) is 5.41. The number of hydrogen-bond donors (Lipinski definition) is 2. The van der Waals surface area contributed by atoms with Crippen LogP contribution in [0.2, 0.25) is 0 Å². The van der Waals surface area contributed by atoms with Gasteiger partial charge in [0.2, 0.25) is 0 Å². The lowest BCUT2D eigenvalue weighted by Crippen LogP contribution is -2.39. The van der Waals surface area contributed by atoms with E-state index in [9.17, 15) is 4.79 Å². The smallest absolute Gasteiger partial charge is 0.270 e. The minimum absolute atomic E-state index is 0.0309. The zero-order valence-electron chi connectivity index (χ0n) is 11.9. The molecule has 112 valence electrons. The first-order chi connectivity index (χ1) is 9.72. The van der Waals surface area contributed by atoms with Gasteiger partial charge in [0.05, 0.1) is 5.01 Å². The Hall–Kier alpha value is -0.590. The first-order valence-electron chi connectivity index (χ1n) is 7.29. The number of thioether (sulfide) groups is 1. The van der Waals surface area contributed by atoms with Crippen molar-refractivity contribution in [3.63, 3.8) is 0 Å². The van der Waals surface area contributed by atoms with Crippen LogP contribution in [0.5, 0.6) is 0 Å². The molecule has 6 heteroatoms. The molecule has 1 saturated carbocycles. The summed E-state index contributed by atoms with van der Waals surface area (Å²) in [6.45, 7) is 2.77. The Morgan fingerprint density at radius 3 is 3.20 bits per heavy atom. The van der Waals surface area contributed by atoms with Crippen molar-refractivity contribution in [2.24, 2.45) is 5.73 Å². The van der Waals surface area contributed by atoms with Crippen LogP contribution in [-0.2, 0) is 6.42 Å². The van der Waals surface area contributed by atoms with Crippen LogP contribution >= 0.6 is 23.1 Å². The molecule has 4 nitrogen and oxygen atoms in total. The number of nitrogens with two attached hydrogens (primary N) is 1. The number of carbonyl (C=O) groups is 1. The Morgan fingerprint density at radius 2 is 2.45 bits per heavy atom. The maximum atomic E-state index is 12.2. The summed E-state index contributed by atoms with van der Waals surface area (Å²) in [5.74, 6) is 1.12. The highest BCUT2D eigenvalue weighted by Gasteiger charge is 2.24. The highest BCUT2D eigenvalue weighted by Crippen LogP contribution is 2.28. The SMILES string of the molecule is CCSC1CCCC(NC(=O)c2csc(CCN)n2)C1. The van der Waals surface area contributed by atoms with Crippen molar-refractivity contribution in [3.8, 4) is 0 Å². The van der Waals surface area contributed by atoms with Crippen LogP contribution < -0.4 is 11.1 Å². The summed E-state index contributed by atoms with van der Waals surface area (Å²) in [6, 6.07) is 0.306. The molecular weight excluding hydrogens is 290 g/mol. The summed E-state index contributed by atoms with van der Waals surface area (Å²) in [4.78, 5) is 16.5. The molecule has 0 aromatic carbocycles. The molecule has 0 spiro atoms. The van der Waals surface area contributed by atoms with Crippen molar-refractivity contribution in [3.05, 3.63) is 16.1 Å². The highest BCUT2D eigenvalue weighted by atomic mass is 32.2. The molecule has 1 aromatic rings. The van der Waals surface area contributed by atoms with E-state index in [0.29, 0.717) is 23.5 Å². The Kier molecular flexibility index (Phi) is 6.32. The van der Waals surface area contributed by atoms with Crippen LogP contribution in [0.1, 0.15) is 48.1 Å². The highest BCUT2D eigenvalue weighted by molar-refractivity contribution is 7.99. The molecule has 1 heterocycles. The van der Waals surface area contributed by atoms with E-state index in [1.807, 2.05) is 17.1 Å². The quantitative estimate of drug-likeness (QED) is 0.846. The van der Waals surface area contributed by atoms with E-state index in [-0.39, 0.29) is 5.91 Å². The van der Waals surface area contributed by atoms with Crippen LogP contribution in [0.3, 0.4) is 0 Å². The molecule has 3 N–H and O–H groups in total. The summed E-state index contributed by atoms with van der Waals surface area (Å²) in [5.41, 5.74) is 6.05. The second kappa shape index (κ2) is 8.00. The first-order valence-corrected chi connectivity index (χ1v) is 9.22. The third kappa shape index (κ3) is 4.46. The van der Waals surface area contributed by atoms with Crippen LogP contribution in [0.4, 0.5) is 0 Å². The van der Waals surface area contributed by atoms with E-state index < -0.39 is 0 Å². The average molecular weight is 313 g/mol. The fraction of sp³-hybridized carbons (Fsp3) is 0.714. The van der Waals surface area contributed by atoms with Gasteiger partial charge in [0.1, 0.15) is 5.69 Å². The van der Waals surface area contributed by atoms with Gasteiger partial charge in [-0.25, -0.2) is 4.98 Å². The third-order valence-electron chi connectivity index (χ3n) is 3.51. The normalized spacial score (nSPS) is 22.7. The van der Waals surface area contributed by atoms with Crippen molar-refractivity contribution in [2.45, 2.75) is 50.3 Å². The zero-order valence-corrected chi connectivity index (χ0v) is 13.6. The molecule has 1 fully saturated rings. The van der Waals surface area contributed by atoms with Crippen LogP contribution in [-0.4, -0.2) is 34.5 Å². The van der Waals surface area contributed by atoms with E-state index >= 15 is 0 Å². The van der Waals surface area contributed by atoms with Gasteiger partial charge >= 0.3 is 0 Å². The van der Waals surface area contributed by atoms with E-state index in [1.165, 1.54) is 24.2 Å². The van der Waals surface area contributed by atoms with Crippen molar-refractivity contribution >= 4 is 29.0 Å². The molecule has 0 saturated heterocycles. The molecule has 2 atom stereocenters. The number of nitrogens with zero attached hydrogens (tertiary/aromatic N) is 1. The minimum atomic E-state index is -0.0309. The van der Waals surface area contributed by atoms with Gasteiger partial charge in [-0.1, -0.05) is 13.3 Å². The lowest BCUT2D eigenvalue weighted by atomic mass is 9.95. The lowest BCUT2D eigenvalue weighted by Gasteiger charge is -2.29. The second-order valence-corrected chi connectivity index (χ2v) is 7.60. The summed E-state index contributed by atoms with van der Waals surface area (Å²) >= 11 is 3.53. The molecule has 0 aliphatic heterocycles. The van der Waals surface area contributed by atoms with Crippen molar-refractivity contribution in [1.29, 1.82) is 0 Å². The number of nitrogens with one attached hydrogen (secondary N) is 1. The lowest BCUT2D eigenvalue weighted by molar-refractivity contribution is 0.0924. The van der Waals surface area contributed by atoms with Crippen molar-refractivity contribution in [1.82, 2.24) is 10.3 Å². The Bertz CT molecular complexity index is 434. The van der Waals surface area contributed by atoms with E-state index in [1.54, 1.807) is 0 Å². The Labute approximate surface area is 128 Å². The molecule has 20 heavy (non-hydrogen) atoms. The van der Waals surface area contributed by atoms with E-state index in [0.717, 1.165) is 30.0 Å². The van der Waals surface area contributed by atoms with Crippen molar-refractivity contribution < 1.29 is 4.79 Å². The molecule has 1 amide bonds. The number of rotatable bonds is 6. The summed E-state index contributed by atoms with van der Waals surface area (Å²) < 4.78 is 0. The molecule has 2 rings (SSSR count). The van der Waals surface area contributed by atoms with Gasteiger partial charge < -0.3 is 11.1 Å². The molecule has 2 unspecified atom stereocenters. The van der Waals surface area contributed by atoms with Crippen LogP contribution in [0.15, 0.2) is 5.38 Å². The van der Waals surface area contributed by atoms with Gasteiger partial charge in [0.15, 0.2) is 0 Å². The summed E-state index contributed by atoms with van der Waals surface area (Å²) in [5, 5.41) is 6.62. The number of amides is 1. The third-order valence-corrected chi connectivity index (χ3v) is 5.65. The van der Waals surface area contributed by atoms with Gasteiger partial charge in [0.25, 0.3) is 5.91 Å². The maximum Gasteiger partial charge on any atom is 0.270 e. The molecule has 1 aliphatic rings. The topological polar surface area (TPSA) is 68.0 Å². The Morgan fingerprint density at radius 1 is 1.60 bits per heavy atom. The fourth-order valence-corrected chi connectivity index (χ4v) is 4.54. The summed E-state index contributed by atoms with van der Waals surface area (Å²) in [7, 11) is 0. The minimum Gasteiger partial charge on any atom is -0.348 e. The molecule has 0 radical (unpaired) electrons. The van der Waals surface area contributed by atoms with Gasteiger partial charge in [-0.3, -0.25) is 4.79 Å². The largest absolute Gasteiger partial charge is 0.348 e. The predicted molar refractivity (Wildman–Crippen MR) is 86.5 cm³/mol. The van der Waals surface area contributed by atoms with Crippen LogP contribution in [0.25, 0.3) is 0 Å². The number of carbonyl (C=O) groups excluding carboxylic acids is 1. The van der Waals surface area contributed by atoms with E-state index in [2.05, 4.69) is 17.2 Å². The molecule has 0 bridgehead atoms.